The Morgan fingerprint density at radius 2 is 2.31 bits per heavy atom. The predicted molar refractivity (Wildman–Crippen MR) is 67.5 cm³/mol. The number of hydrogen-bond acceptors (Lipinski definition) is 5. The van der Waals surface area contributed by atoms with Crippen molar-refractivity contribution in [2.24, 2.45) is 0 Å². The van der Waals surface area contributed by atoms with Crippen molar-refractivity contribution in [3.05, 3.63) is 34.4 Å². The van der Waals surface area contributed by atoms with E-state index < -0.39 is 0 Å². The van der Waals surface area contributed by atoms with E-state index in [1.807, 2.05) is 24.4 Å². The van der Waals surface area contributed by atoms with Gasteiger partial charge in [0.2, 0.25) is 0 Å². The summed E-state index contributed by atoms with van der Waals surface area (Å²) in [6.45, 7) is 4.05. The fourth-order valence-corrected chi connectivity index (χ4v) is 2.21. The molecule has 2 aromatic rings. The summed E-state index contributed by atoms with van der Waals surface area (Å²) in [6, 6.07) is 3.92. The summed E-state index contributed by atoms with van der Waals surface area (Å²) in [4.78, 5) is 8.46. The van der Waals surface area contributed by atoms with E-state index >= 15 is 0 Å². The SMILES string of the molecule is Cc1csc(C(C)Nc2cccnc2N)n1. The predicted octanol–water partition coefficient (Wildman–Crippen LogP) is 2.60. The largest absolute Gasteiger partial charge is 0.382 e. The zero-order chi connectivity index (χ0) is 11.5. The average Bonchev–Trinajstić information content (AvgIpc) is 2.68. The van der Waals surface area contributed by atoms with Gasteiger partial charge in [-0.05, 0) is 26.0 Å². The molecule has 5 heteroatoms. The molecule has 0 bridgehead atoms. The van der Waals surface area contributed by atoms with Gasteiger partial charge in [-0.3, -0.25) is 0 Å². The summed E-state index contributed by atoms with van der Waals surface area (Å²) in [5.41, 5.74) is 7.66. The highest BCUT2D eigenvalue weighted by molar-refractivity contribution is 7.09. The molecule has 16 heavy (non-hydrogen) atoms. The molecule has 2 heterocycles. The summed E-state index contributed by atoms with van der Waals surface area (Å²) >= 11 is 1.65. The van der Waals surface area contributed by atoms with Gasteiger partial charge in [-0.2, -0.15) is 0 Å². The van der Waals surface area contributed by atoms with E-state index in [1.54, 1.807) is 17.5 Å². The number of anilines is 2. The highest BCUT2D eigenvalue weighted by atomic mass is 32.1. The highest BCUT2D eigenvalue weighted by Crippen LogP contribution is 2.24. The molecule has 0 aromatic carbocycles. The van der Waals surface area contributed by atoms with Crippen molar-refractivity contribution in [1.29, 1.82) is 0 Å². The molecular formula is C11H14N4S. The van der Waals surface area contributed by atoms with Gasteiger partial charge in [0, 0.05) is 17.3 Å². The van der Waals surface area contributed by atoms with Crippen LogP contribution in [-0.2, 0) is 0 Å². The van der Waals surface area contributed by atoms with Gasteiger partial charge in [-0.15, -0.1) is 11.3 Å². The topological polar surface area (TPSA) is 63.8 Å². The quantitative estimate of drug-likeness (QED) is 0.856. The normalized spacial score (nSPS) is 12.4. The minimum Gasteiger partial charge on any atom is -0.382 e. The van der Waals surface area contributed by atoms with Crippen LogP contribution >= 0.6 is 11.3 Å². The summed E-state index contributed by atoms with van der Waals surface area (Å²) < 4.78 is 0. The number of aromatic nitrogens is 2. The van der Waals surface area contributed by atoms with E-state index in [9.17, 15) is 0 Å². The van der Waals surface area contributed by atoms with Crippen LogP contribution in [0.3, 0.4) is 0 Å². The van der Waals surface area contributed by atoms with Crippen molar-refractivity contribution in [2.45, 2.75) is 19.9 Å². The third kappa shape index (κ3) is 2.30. The van der Waals surface area contributed by atoms with E-state index in [1.165, 1.54) is 0 Å². The number of pyridine rings is 1. The maximum absolute atomic E-state index is 5.76. The Balaban J connectivity index is 2.13. The van der Waals surface area contributed by atoms with E-state index in [-0.39, 0.29) is 6.04 Å². The number of nitrogen functional groups attached to an aromatic ring is 1. The summed E-state index contributed by atoms with van der Waals surface area (Å²) in [7, 11) is 0. The first kappa shape index (κ1) is 10.9. The highest BCUT2D eigenvalue weighted by Gasteiger charge is 2.10. The Kier molecular flexibility index (Phi) is 3.05. The first-order chi connectivity index (χ1) is 7.66. The summed E-state index contributed by atoms with van der Waals surface area (Å²) in [6.07, 6.45) is 1.68. The first-order valence-electron chi connectivity index (χ1n) is 5.06. The van der Waals surface area contributed by atoms with Crippen LogP contribution < -0.4 is 11.1 Å². The van der Waals surface area contributed by atoms with E-state index in [0.29, 0.717) is 5.82 Å². The Bertz CT molecular complexity index is 480. The molecule has 0 amide bonds. The Morgan fingerprint density at radius 1 is 1.50 bits per heavy atom. The maximum Gasteiger partial charge on any atom is 0.146 e. The fourth-order valence-electron chi connectivity index (χ4n) is 1.41. The molecule has 0 spiro atoms. The van der Waals surface area contributed by atoms with Gasteiger partial charge in [0.1, 0.15) is 10.8 Å². The minimum atomic E-state index is 0.144. The van der Waals surface area contributed by atoms with Crippen molar-refractivity contribution in [3.8, 4) is 0 Å². The number of thiazole rings is 1. The molecule has 2 rings (SSSR count). The standard InChI is InChI=1S/C11H14N4S/c1-7-6-16-11(14-7)8(2)15-9-4-3-5-13-10(9)12/h3-6,8,15H,1-2H3,(H2,12,13). The van der Waals surface area contributed by atoms with Crippen LogP contribution in [0.2, 0.25) is 0 Å². The molecule has 84 valence electrons. The third-order valence-electron chi connectivity index (χ3n) is 2.22. The smallest absolute Gasteiger partial charge is 0.146 e. The zero-order valence-electron chi connectivity index (χ0n) is 9.27. The van der Waals surface area contributed by atoms with Gasteiger partial charge in [0.05, 0.1) is 11.7 Å². The van der Waals surface area contributed by atoms with Gasteiger partial charge in [0.25, 0.3) is 0 Å². The van der Waals surface area contributed by atoms with Crippen LogP contribution in [0.1, 0.15) is 23.7 Å². The molecule has 0 fully saturated rings. The van der Waals surface area contributed by atoms with Crippen LogP contribution in [0.15, 0.2) is 23.7 Å². The lowest BCUT2D eigenvalue weighted by atomic mass is 10.3. The molecule has 0 saturated carbocycles. The van der Waals surface area contributed by atoms with Crippen LogP contribution in [0.5, 0.6) is 0 Å². The van der Waals surface area contributed by atoms with Gasteiger partial charge in [-0.25, -0.2) is 9.97 Å². The molecule has 0 aliphatic carbocycles. The molecule has 4 nitrogen and oxygen atoms in total. The lowest BCUT2D eigenvalue weighted by Crippen LogP contribution is -2.08. The second kappa shape index (κ2) is 4.49. The van der Waals surface area contributed by atoms with Crippen LogP contribution in [0.25, 0.3) is 0 Å². The van der Waals surface area contributed by atoms with Crippen LogP contribution in [0.4, 0.5) is 11.5 Å². The zero-order valence-corrected chi connectivity index (χ0v) is 10.1. The minimum absolute atomic E-state index is 0.144. The van der Waals surface area contributed by atoms with Gasteiger partial charge >= 0.3 is 0 Å². The Hall–Kier alpha value is -1.62. The summed E-state index contributed by atoms with van der Waals surface area (Å²) in [5.74, 6) is 0.516. The van der Waals surface area contributed by atoms with Gasteiger partial charge < -0.3 is 11.1 Å². The average molecular weight is 234 g/mol. The molecule has 2 aromatic heterocycles. The lowest BCUT2D eigenvalue weighted by Gasteiger charge is -2.13. The fraction of sp³-hybridized carbons (Fsp3) is 0.273. The third-order valence-corrected chi connectivity index (χ3v) is 3.36. The number of nitrogens with zero attached hydrogens (tertiary/aromatic N) is 2. The first-order valence-corrected chi connectivity index (χ1v) is 5.94. The van der Waals surface area contributed by atoms with E-state index in [0.717, 1.165) is 16.4 Å². The molecule has 0 aliphatic rings. The molecule has 1 unspecified atom stereocenters. The van der Waals surface area contributed by atoms with Crippen molar-refractivity contribution in [3.63, 3.8) is 0 Å². The number of rotatable bonds is 3. The Morgan fingerprint density at radius 3 is 2.94 bits per heavy atom. The number of hydrogen-bond donors (Lipinski definition) is 2. The maximum atomic E-state index is 5.76. The molecule has 3 N–H and O–H groups in total. The van der Waals surface area contributed by atoms with Gasteiger partial charge in [-0.1, -0.05) is 0 Å². The van der Waals surface area contributed by atoms with Crippen molar-refractivity contribution in [1.82, 2.24) is 9.97 Å². The molecule has 0 saturated heterocycles. The molecule has 1 atom stereocenters. The van der Waals surface area contributed by atoms with Gasteiger partial charge in [0.15, 0.2) is 0 Å². The number of nitrogens with two attached hydrogens (primary N) is 1. The molecule has 0 aliphatic heterocycles. The van der Waals surface area contributed by atoms with Crippen molar-refractivity contribution < 1.29 is 0 Å². The second-order valence-corrected chi connectivity index (χ2v) is 4.52. The lowest BCUT2D eigenvalue weighted by molar-refractivity contribution is 0.863. The van der Waals surface area contributed by atoms with Crippen LogP contribution in [-0.4, -0.2) is 9.97 Å². The molecule has 0 radical (unpaired) electrons. The van der Waals surface area contributed by atoms with Crippen LogP contribution in [0, 0.1) is 6.92 Å². The Labute approximate surface area is 98.6 Å². The second-order valence-electron chi connectivity index (χ2n) is 3.63. The monoisotopic (exact) mass is 234 g/mol. The van der Waals surface area contributed by atoms with E-state index in [2.05, 4.69) is 22.2 Å². The molecular weight excluding hydrogens is 220 g/mol. The number of aryl methyl sites for hydroxylation is 1. The van der Waals surface area contributed by atoms with Crippen molar-refractivity contribution in [2.75, 3.05) is 11.1 Å². The number of nitrogens with one attached hydrogen (secondary N) is 1. The van der Waals surface area contributed by atoms with E-state index in [4.69, 9.17) is 5.73 Å². The van der Waals surface area contributed by atoms with Crippen molar-refractivity contribution >= 4 is 22.8 Å². The summed E-state index contributed by atoms with van der Waals surface area (Å²) in [5, 5.41) is 6.40.